The molecule has 0 aliphatic rings. The summed E-state index contributed by atoms with van der Waals surface area (Å²) in [6.45, 7) is 0. The minimum absolute atomic E-state index is 0.406. The predicted molar refractivity (Wildman–Crippen MR) is 75.1 cm³/mol. The zero-order valence-electron chi connectivity index (χ0n) is 10.5. The highest BCUT2D eigenvalue weighted by Gasteiger charge is 2.09. The number of carbonyl (C=O) groups is 2. The van der Waals surface area contributed by atoms with Crippen LogP contribution in [0.25, 0.3) is 10.9 Å². The van der Waals surface area contributed by atoms with Crippen molar-refractivity contribution in [3.63, 3.8) is 0 Å². The monoisotopic (exact) mass is 265 g/mol. The lowest BCUT2D eigenvalue weighted by Crippen LogP contribution is -2.07. The Morgan fingerprint density at radius 1 is 1.05 bits per heavy atom. The van der Waals surface area contributed by atoms with E-state index in [0.29, 0.717) is 17.0 Å². The van der Waals surface area contributed by atoms with Gasteiger partial charge in [0.05, 0.1) is 11.3 Å². The highest BCUT2D eigenvalue weighted by atomic mass is 16.5. The molecule has 3 rings (SSSR count). The molecule has 4 heteroatoms. The minimum Gasteiger partial charge on any atom is -0.423 e. The minimum atomic E-state index is -0.406. The maximum atomic E-state index is 11.9. The van der Waals surface area contributed by atoms with Gasteiger partial charge in [0.25, 0.3) is 0 Å². The van der Waals surface area contributed by atoms with Crippen LogP contribution in [-0.2, 0) is 0 Å². The van der Waals surface area contributed by atoms with Gasteiger partial charge in [0.2, 0.25) is 0 Å². The van der Waals surface area contributed by atoms with E-state index in [1.165, 1.54) is 0 Å². The van der Waals surface area contributed by atoms with Crippen molar-refractivity contribution >= 4 is 23.2 Å². The Bertz CT molecular complexity index is 775. The highest BCUT2D eigenvalue weighted by molar-refractivity contribution is 5.92. The van der Waals surface area contributed by atoms with Gasteiger partial charge in [0.15, 0.2) is 6.29 Å². The molecule has 0 saturated heterocycles. The molecule has 98 valence electrons. The molecule has 0 aliphatic carbocycles. The van der Waals surface area contributed by atoms with Crippen LogP contribution in [-0.4, -0.2) is 17.2 Å². The Morgan fingerprint density at radius 3 is 2.60 bits per heavy atom. The third-order valence-corrected chi connectivity index (χ3v) is 2.96. The Kier molecular flexibility index (Phi) is 3.05. The molecule has 3 aromatic rings. The van der Waals surface area contributed by atoms with E-state index >= 15 is 0 Å². The normalized spacial score (nSPS) is 10.4. The van der Waals surface area contributed by atoms with Crippen molar-refractivity contribution in [2.45, 2.75) is 0 Å². The van der Waals surface area contributed by atoms with Gasteiger partial charge in [-0.05, 0) is 36.4 Å². The molecule has 0 saturated carbocycles. The quantitative estimate of drug-likeness (QED) is 0.449. The smallest absolute Gasteiger partial charge is 0.343 e. The third kappa shape index (κ3) is 2.31. The van der Waals surface area contributed by atoms with Gasteiger partial charge in [0.1, 0.15) is 5.75 Å². The Hall–Kier alpha value is -2.88. The van der Waals surface area contributed by atoms with Crippen LogP contribution < -0.4 is 4.74 Å². The van der Waals surface area contributed by atoms with Crippen molar-refractivity contribution in [3.8, 4) is 5.75 Å². The first-order valence-electron chi connectivity index (χ1n) is 6.11. The Morgan fingerprint density at radius 2 is 1.85 bits per heavy atom. The second kappa shape index (κ2) is 5.01. The van der Waals surface area contributed by atoms with Crippen molar-refractivity contribution in [2.75, 3.05) is 0 Å². The first-order valence-corrected chi connectivity index (χ1v) is 6.11. The fourth-order valence-electron chi connectivity index (χ4n) is 2.00. The Labute approximate surface area is 115 Å². The van der Waals surface area contributed by atoms with Crippen molar-refractivity contribution < 1.29 is 14.3 Å². The number of aldehydes is 1. The summed E-state index contributed by atoms with van der Waals surface area (Å²) >= 11 is 0. The van der Waals surface area contributed by atoms with Crippen LogP contribution in [0.15, 0.2) is 54.6 Å². The van der Waals surface area contributed by atoms with Gasteiger partial charge in [0, 0.05) is 10.9 Å². The predicted octanol–water partition coefficient (Wildman–Crippen LogP) is 3.20. The molecule has 0 amide bonds. The molecule has 1 N–H and O–H groups in total. The molecule has 0 unspecified atom stereocenters. The number of rotatable bonds is 3. The summed E-state index contributed by atoms with van der Waals surface area (Å²) < 4.78 is 5.31. The fraction of sp³-hybridized carbons (Fsp3) is 0. The summed E-state index contributed by atoms with van der Waals surface area (Å²) in [6.07, 6.45) is 0.746. The molecule has 1 aromatic heterocycles. The Balaban J connectivity index is 1.87. The lowest BCUT2D eigenvalue weighted by molar-refractivity contribution is 0.0735. The fourth-order valence-corrected chi connectivity index (χ4v) is 2.00. The molecule has 0 radical (unpaired) electrons. The number of hydrogen-bond donors (Lipinski definition) is 1. The SMILES string of the molecule is O=Cc1cc2cc(OC(=O)c3ccccc3)ccc2[nH]1. The van der Waals surface area contributed by atoms with Crippen LogP contribution in [0, 0.1) is 0 Å². The lowest BCUT2D eigenvalue weighted by atomic mass is 10.2. The van der Waals surface area contributed by atoms with Crippen LogP contribution in [0.4, 0.5) is 0 Å². The molecule has 0 spiro atoms. The summed E-state index contributed by atoms with van der Waals surface area (Å²) in [7, 11) is 0. The van der Waals surface area contributed by atoms with Gasteiger partial charge >= 0.3 is 5.97 Å². The number of aromatic amines is 1. The average Bonchev–Trinajstić information content (AvgIpc) is 2.90. The van der Waals surface area contributed by atoms with Crippen molar-refractivity contribution in [1.29, 1.82) is 0 Å². The number of carbonyl (C=O) groups excluding carboxylic acids is 2. The maximum Gasteiger partial charge on any atom is 0.343 e. The number of fused-ring (bicyclic) bond motifs is 1. The molecule has 0 atom stereocenters. The van der Waals surface area contributed by atoms with Gasteiger partial charge in [-0.15, -0.1) is 0 Å². The van der Waals surface area contributed by atoms with Gasteiger partial charge < -0.3 is 9.72 Å². The van der Waals surface area contributed by atoms with Crippen molar-refractivity contribution in [1.82, 2.24) is 4.98 Å². The zero-order valence-corrected chi connectivity index (χ0v) is 10.5. The number of aromatic nitrogens is 1. The summed E-state index contributed by atoms with van der Waals surface area (Å²) in [6, 6.07) is 15.7. The molecule has 0 fully saturated rings. The topological polar surface area (TPSA) is 59.2 Å². The van der Waals surface area contributed by atoms with E-state index in [1.54, 1.807) is 48.5 Å². The number of esters is 1. The average molecular weight is 265 g/mol. The van der Waals surface area contributed by atoms with Crippen molar-refractivity contribution in [2.24, 2.45) is 0 Å². The van der Waals surface area contributed by atoms with Crippen LogP contribution in [0.3, 0.4) is 0 Å². The van der Waals surface area contributed by atoms with Crippen LogP contribution in [0.1, 0.15) is 20.8 Å². The van der Waals surface area contributed by atoms with E-state index in [-0.39, 0.29) is 0 Å². The van der Waals surface area contributed by atoms with Gasteiger partial charge in [-0.3, -0.25) is 4.79 Å². The number of nitrogens with one attached hydrogen (secondary N) is 1. The second-order valence-corrected chi connectivity index (χ2v) is 4.35. The van der Waals surface area contributed by atoms with Crippen LogP contribution in [0.2, 0.25) is 0 Å². The van der Waals surface area contributed by atoms with Crippen molar-refractivity contribution in [3.05, 3.63) is 65.9 Å². The van der Waals surface area contributed by atoms with E-state index in [2.05, 4.69) is 4.98 Å². The van der Waals surface area contributed by atoms with Gasteiger partial charge in [-0.2, -0.15) is 0 Å². The van der Waals surface area contributed by atoms with Crippen LogP contribution in [0.5, 0.6) is 5.75 Å². The molecular formula is C16H11NO3. The lowest BCUT2D eigenvalue weighted by Gasteiger charge is -2.04. The maximum absolute atomic E-state index is 11.9. The molecule has 0 bridgehead atoms. The molecule has 20 heavy (non-hydrogen) atoms. The first-order chi connectivity index (χ1) is 9.76. The molecule has 4 nitrogen and oxygen atoms in total. The number of benzene rings is 2. The molecule has 0 aliphatic heterocycles. The van der Waals surface area contributed by atoms with Gasteiger partial charge in [-0.25, -0.2) is 4.79 Å². The molecule has 1 heterocycles. The second-order valence-electron chi connectivity index (χ2n) is 4.35. The first kappa shape index (κ1) is 12.2. The number of H-pyrrole nitrogens is 1. The molecule has 2 aromatic carbocycles. The van der Waals surface area contributed by atoms with E-state index in [9.17, 15) is 9.59 Å². The van der Waals surface area contributed by atoms with E-state index in [0.717, 1.165) is 17.2 Å². The van der Waals surface area contributed by atoms with E-state index < -0.39 is 5.97 Å². The van der Waals surface area contributed by atoms with Gasteiger partial charge in [-0.1, -0.05) is 18.2 Å². The summed E-state index contributed by atoms with van der Waals surface area (Å²) in [4.78, 5) is 25.6. The summed E-state index contributed by atoms with van der Waals surface area (Å²) in [5, 5.41) is 0.825. The zero-order chi connectivity index (χ0) is 13.9. The van der Waals surface area contributed by atoms with Crippen LogP contribution >= 0.6 is 0 Å². The number of ether oxygens (including phenoxy) is 1. The summed E-state index contributed by atoms with van der Waals surface area (Å²) in [5.41, 5.74) is 1.81. The largest absolute Gasteiger partial charge is 0.423 e. The van der Waals surface area contributed by atoms with E-state index in [4.69, 9.17) is 4.74 Å². The summed E-state index contributed by atoms with van der Waals surface area (Å²) in [5.74, 6) is 0.0406. The highest BCUT2D eigenvalue weighted by Crippen LogP contribution is 2.22. The number of hydrogen-bond acceptors (Lipinski definition) is 3. The van der Waals surface area contributed by atoms with E-state index in [1.807, 2.05) is 6.07 Å². The third-order valence-electron chi connectivity index (χ3n) is 2.96. The molecular weight excluding hydrogens is 254 g/mol. The standard InChI is InChI=1S/C16H11NO3/c18-10-13-8-12-9-14(6-7-15(12)17-13)20-16(19)11-4-2-1-3-5-11/h1-10,17H.